The highest BCUT2D eigenvalue weighted by Crippen LogP contribution is 2.47. The first kappa shape index (κ1) is 55.9. The maximum Gasteiger partial charge on any atom is 0.472 e. The van der Waals surface area contributed by atoms with E-state index in [9.17, 15) is 44.6 Å². The van der Waals surface area contributed by atoms with Crippen molar-refractivity contribution in [2.75, 3.05) is 13.2 Å². The number of hydrogen-bond donors (Lipinski definition) is 6. The van der Waals surface area contributed by atoms with E-state index in [1.54, 1.807) is 0 Å². The minimum absolute atomic E-state index is 0.105. The summed E-state index contributed by atoms with van der Waals surface area (Å²) in [4.78, 5) is 35.7. The molecule has 1 aliphatic rings. The van der Waals surface area contributed by atoms with Gasteiger partial charge >= 0.3 is 19.8 Å². The van der Waals surface area contributed by atoms with Crippen LogP contribution in [0.4, 0.5) is 0 Å². The minimum Gasteiger partial charge on any atom is -0.462 e. The number of phosphoric acid groups is 1. The molecule has 8 atom stereocenters. The summed E-state index contributed by atoms with van der Waals surface area (Å²) in [5.74, 6) is -1.08. The molecule has 0 aromatic rings. The molecule has 1 rings (SSSR count). The Hall–Kier alpha value is -1.15. The Morgan fingerprint density at radius 1 is 0.458 bits per heavy atom. The van der Waals surface area contributed by atoms with Crippen LogP contribution in [-0.4, -0.2) is 98.3 Å². The number of rotatable bonds is 40. The molecule has 0 aromatic heterocycles. The van der Waals surface area contributed by atoms with Crippen LogP contribution in [0, 0.1) is 0 Å². The van der Waals surface area contributed by atoms with Crippen molar-refractivity contribution in [1.29, 1.82) is 0 Å². The fourth-order valence-corrected chi connectivity index (χ4v) is 8.56. The van der Waals surface area contributed by atoms with Gasteiger partial charge in [0.25, 0.3) is 0 Å². The van der Waals surface area contributed by atoms with Crippen molar-refractivity contribution in [2.45, 2.75) is 262 Å². The van der Waals surface area contributed by atoms with E-state index in [1.807, 2.05) is 0 Å². The molecule has 13 nitrogen and oxygen atoms in total. The summed E-state index contributed by atoms with van der Waals surface area (Å²) in [6.07, 6.45) is 22.9. The fraction of sp³-hybridized carbons (Fsp3) is 0.956. The first-order chi connectivity index (χ1) is 28.4. The molecular formula is C45H87O13P. The molecule has 0 radical (unpaired) electrons. The fourth-order valence-electron chi connectivity index (χ4n) is 7.58. The molecule has 0 amide bonds. The normalized spacial score (nSPS) is 22.2. The molecule has 59 heavy (non-hydrogen) atoms. The van der Waals surface area contributed by atoms with E-state index in [0.29, 0.717) is 12.8 Å². The number of carbonyl (C=O) groups excluding carboxylic acids is 2. The van der Waals surface area contributed by atoms with Crippen molar-refractivity contribution in [2.24, 2.45) is 0 Å². The molecule has 3 unspecified atom stereocenters. The predicted molar refractivity (Wildman–Crippen MR) is 231 cm³/mol. The summed E-state index contributed by atoms with van der Waals surface area (Å²) in [5, 5.41) is 50.1. The summed E-state index contributed by atoms with van der Waals surface area (Å²) in [5.41, 5.74) is 0. The van der Waals surface area contributed by atoms with Crippen molar-refractivity contribution >= 4 is 19.8 Å². The second-order valence-electron chi connectivity index (χ2n) is 17.0. The van der Waals surface area contributed by atoms with Crippen LogP contribution in [0.2, 0.25) is 0 Å². The van der Waals surface area contributed by atoms with Crippen LogP contribution >= 0.6 is 7.82 Å². The molecule has 350 valence electrons. The van der Waals surface area contributed by atoms with Crippen LogP contribution < -0.4 is 0 Å². The largest absolute Gasteiger partial charge is 0.472 e. The zero-order valence-corrected chi connectivity index (χ0v) is 38.0. The Kier molecular flexibility index (Phi) is 34.4. The van der Waals surface area contributed by atoms with E-state index >= 15 is 0 Å². The molecule has 14 heteroatoms. The number of carbonyl (C=O) groups is 2. The lowest BCUT2D eigenvalue weighted by Crippen LogP contribution is -2.64. The summed E-state index contributed by atoms with van der Waals surface area (Å²) >= 11 is 0. The van der Waals surface area contributed by atoms with Crippen molar-refractivity contribution in [3.05, 3.63) is 0 Å². The van der Waals surface area contributed by atoms with Gasteiger partial charge in [0, 0.05) is 12.8 Å². The van der Waals surface area contributed by atoms with Crippen molar-refractivity contribution in [1.82, 2.24) is 0 Å². The van der Waals surface area contributed by atoms with E-state index in [4.69, 9.17) is 18.5 Å². The van der Waals surface area contributed by atoms with Gasteiger partial charge in [0.05, 0.1) is 6.61 Å². The number of aliphatic hydroxyl groups excluding tert-OH is 5. The van der Waals surface area contributed by atoms with Crippen molar-refractivity contribution < 1.29 is 63.1 Å². The van der Waals surface area contributed by atoms with Gasteiger partial charge in [-0.05, 0) is 12.8 Å². The minimum atomic E-state index is -5.11. The maximum absolute atomic E-state index is 12.8. The summed E-state index contributed by atoms with van der Waals surface area (Å²) in [7, 11) is -5.11. The van der Waals surface area contributed by atoms with Gasteiger partial charge in [-0.25, -0.2) is 4.57 Å². The van der Waals surface area contributed by atoms with Crippen LogP contribution in [0.15, 0.2) is 0 Å². The van der Waals surface area contributed by atoms with E-state index in [-0.39, 0.29) is 12.8 Å². The zero-order chi connectivity index (χ0) is 43.6. The first-order valence-electron chi connectivity index (χ1n) is 23.8. The highest BCUT2D eigenvalue weighted by molar-refractivity contribution is 7.47. The van der Waals surface area contributed by atoms with Crippen LogP contribution in [-0.2, 0) is 32.7 Å². The lowest BCUT2D eigenvalue weighted by Gasteiger charge is -2.41. The van der Waals surface area contributed by atoms with Crippen LogP contribution in [0.25, 0.3) is 0 Å². The number of unbranched alkanes of at least 4 members (excludes halogenated alkanes) is 28. The van der Waals surface area contributed by atoms with Crippen LogP contribution in [0.1, 0.15) is 219 Å². The number of phosphoric ester groups is 1. The molecule has 0 aromatic carbocycles. The first-order valence-corrected chi connectivity index (χ1v) is 25.3. The lowest BCUT2D eigenvalue weighted by molar-refractivity contribution is -0.220. The van der Waals surface area contributed by atoms with E-state index in [2.05, 4.69) is 13.8 Å². The van der Waals surface area contributed by atoms with Crippen LogP contribution in [0.5, 0.6) is 0 Å². The Morgan fingerprint density at radius 2 is 0.763 bits per heavy atom. The molecule has 1 fully saturated rings. The van der Waals surface area contributed by atoms with Gasteiger partial charge in [-0.3, -0.25) is 18.6 Å². The molecule has 0 aliphatic heterocycles. The SMILES string of the molecule is CCCCCCCCCCCCCCCCCC(=O)OC[C@@H](COP(=O)(O)OC1[C@@H](O)[C@H](O)C(O)[C@H](O)[C@@H]1O)OC(=O)CCCCCCCCCCCCCCCCC. The quantitative estimate of drug-likeness (QED) is 0.0193. The molecular weight excluding hydrogens is 779 g/mol. The highest BCUT2D eigenvalue weighted by atomic mass is 31.2. The second kappa shape index (κ2) is 36.3. The number of aliphatic hydroxyl groups is 5. The van der Waals surface area contributed by atoms with Gasteiger partial charge in [0.1, 0.15) is 43.2 Å². The predicted octanol–water partition coefficient (Wildman–Crippen LogP) is 9.28. The summed E-state index contributed by atoms with van der Waals surface area (Å²) in [6, 6.07) is 0. The molecule has 1 aliphatic carbocycles. The molecule has 6 N–H and O–H groups in total. The Labute approximate surface area is 357 Å². The molecule has 0 bridgehead atoms. The van der Waals surface area contributed by atoms with Gasteiger partial charge in [0.2, 0.25) is 0 Å². The monoisotopic (exact) mass is 867 g/mol. The Morgan fingerprint density at radius 3 is 1.12 bits per heavy atom. The van der Waals surface area contributed by atoms with Crippen LogP contribution in [0.3, 0.4) is 0 Å². The van der Waals surface area contributed by atoms with Gasteiger partial charge in [-0.1, -0.05) is 194 Å². The number of hydrogen-bond acceptors (Lipinski definition) is 12. The third-order valence-electron chi connectivity index (χ3n) is 11.4. The standard InChI is InChI=1S/C45H87O13P/c1-3-5-7-9-11-13-15-17-19-21-23-25-27-29-31-33-38(46)55-35-37(36-56-59(53,54)58-45-43(51)41(49)40(48)42(50)44(45)52)57-39(47)34-32-30-28-26-24-22-20-18-16-14-12-10-8-6-4-2/h37,40-45,48-52H,3-36H2,1-2H3,(H,53,54)/t37-,40?,41-,42+,43-,44-,45?/m0/s1. The van der Waals surface area contributed by atoms with E-state index < -0.39 is 75.7 Å². The van der Waals surface area contributed by atoms with Crippen molar-refractivity contribution in [3.63, 3.8) is 0 Å². The van der Waals surface area contributed by atoms with Gasteiger partial charge in [-0.15, -0.1) is 0 Å². The molecule has 0 saturated heterocycles. The average Bonchev–Trinajstić information content (AvgIpc) is 3.21. The topological polar surface area (TPSA) is 210 Å². The summed E-state index contributed by atoms with van der Waals surface area (Å²) in [6.45, 7) is 3.33. The summed E-state index contributed by atoms with van der Waals surface area (Å²) < 4.78 is 33.6. The molecule has 0 heterocycles. The smallest absolute Gasteiger partial charge is 0.462 e. The molecule has 0 spiro atoms. The zero-order valence-electron chi connectivity index (χ0n) is 37.1. The Balaban J connectivity index is 2.43. The Bertz CT molecular complexity index is 1050. The lowest BCUT2D eigenvalue weighted by atomic mass is 9.85. The van der Waals surface area contributed by atoms with E-state index in [1.165, 1.54) is 141 Å². The maximum atomic E-state index is 12.8. The third kappa shape index (κ3) is 29.0. The van der Waals surface area contributed by atoms with Gasteiger partial charge in [0.15, 0.2) is 6.10 Å². The highest BCUT2D eigenvalue weighted by Gasteiger charge is 2.51. The van der Waals surface area contributed by atoms with E-state index in [0.717, 1.165) is 38.5 Å². The molecule has 1 saturated carbocycles. The number of ether oxygens (including phenoxy) is 2. The average molecular weight is 867 g/mol. The van der Waals surface area contributed by atoms with Crippen molar-refractivity contribution in [3.8, 4) is 0 Å². The van der Waals surface area contributed by atoms with Gasteiger partial charge < -0.3 is 39.9 Å². The second-order valence-corrected chi connectivity index (χ2v) is 18.4. The number of esters is 2. The third-order valence-corrected chi connectivity index (χ3v) is 12.4. The van der Waals surface area contributed by atoms with Gasteiger partial charge in [-0.2, -0.15) is 0 Å².